The minimum atomic E-state index is 0.216. The lowest BCUT2D eigenvalue weighted by Crippen LogP contribution is -2.22. The van der Waals surface area contributed by atoms with Crippen molar-refractivity contribution in [2.75, 3.05) is 7.11 Å². The molecule has 1 aromatic heterocycles. The van der Waals surface area contributed by atoms with Gasteiger partial charge in [-0.3, -0.25) is 0 Å². The average molecular weight is 273 g/mol. The number of ether oxygens (including phenoxy) is 1. The Bertz CT molecular complexity index is 519. The predicted molar refractivity (Wildman–Crippen MR) is 80.8 cm³/mol. The Kier molecular flexibility index (Phi) is 5.18. The van der Waals surface area contributed by atoms with Gasteiger partial charge in [0.25, 0.3) is 0 Å². The van der Waals surface area contributed by atoms with E-state index in [1.54, 1.807) is 7.11 Å². The van der Waals surface area contributed by atoms with Crippen LogP contribution >= 0.6 is 0 Å². The van der Waals surface area contributed by atoms with Gasteiger partial charge in [-0.05, 0) is 37.0 Å². The molecule has 20 heavy (non-hydrogen) atoms. The van der Waals surface area contributed by atoms with E-state index in [9.17, 15) is 0 Å². The van der Waals surface area contributed by atoms with Crippen molar-refractivity contribution >= 4 is 0 Å². The highest BCUT2D eigenvalue weighted by molar-refractivity contribution is 5.27. The lowest BCUT2D eigenvalue weighted by Gasteiger charge is -2.11. The maximum atomic E-state index is 6.18. The summed E-state index contributed by atoms with van der Waals surface area (Å²) < 4.78 is 7.20. The number of hydrogen-bond acceptors (Lipinski definition) is 3. The summed E-state index contributed by atoms with van der Waals surface area (Å²) in [5.74, 6) is 2.00. The minimum absolute atomic E-state index is 0.216. The van der Waals surface area contributed by atoms with Crippen molar-refractivity contribution in [2.45, 2.75) is 31.7 Å². The van der Waals surface area contributed by atoms with Crippen LogP contribution in [-0.2, 0) is 19.9 Å². The van der Waals surface area contributed by atoms with Crippen LogP contribution in [0.1, 0.15) is 24.2 Å². The van der Waals surface area contributed by atoms with Crippen LogP contribution in [0.2, 0.25) is 0 Å². The number of imidazole rings is 1. The quantitative estimate of drug-likeness (QED) is 0.842. The maximum Gasteiger partial charge on any atom is 0.118 e. The zero-order valence-corrected chi connectivity index (χ0v) is 12.2. The van der Waals surface area contributed by atoms with Crippen LogP contribution < -0.4 is 10.5 Å². The first kappa shape index (κ1) is 14.6. The van der Waals surface area contributed by atoms with E-state index in [0.29, 0.717) is 0 Å². The van der Waals surface area contributed by atoms with Crippen LogP contribution in [0.3, 0.4) is 0 Å². The summed E-state index contributed by atoms with van der Waals surface area (Å²) in [7, 11) is 3.70. The van der Waals surface area contributed by atoms with E-state index in [2.05, 4.69) is 21.7 Å². The molecule has 0 aliphatic carbocycles. The van der Waals surface area contributed by atoms with E-state index in [-0.39, 0.29) is 6.04 Å². The normalized spacial score (nSPS) is 12.3. The van der Waals surface area contributed by atoms with Crippen molar-refractivity contribution in [2.24, 2.45) is 12.8 Å². The molecule has 2 aromatic rings. The van der Waals surface area contributed by atoms with Crippen LogP contribution in [0.15, 0.2) is 36.7 Å². The molecule has 0 fully saturated rings. The summed E-state index contributed by atoms with van der Waals surface area (Å²) >= 11 is 0. The maximum absolute atomic E-state index is 6.18. The fourth-order valence-corrected chi connectivity index (χ4v) is 2.24. The molecule has 0 aliphatic heterocycles. The molecule has 1 atom stereocenters. The van der Waals surface area contributed by atoms with Gasteiger partial charge < -0.3 is 15.0 Å². The third-order valence-electron chi connectivity index (χ3n) is 3.62. The lowest BCUT2D eigenvalue weighted by atomic mass is 10.0. The van der Waals surface area contributed by atoms with E-state index >= 15 is 0 Å². The van der Waals surface area contributed by atoms with Gasteiger partial charge in [0.2, 0.25) is 0 Å². The summed E-state index contributed by atoms with van der Waals surface area (Å²) in [6, 6.07) is 8.41. The molecule has 0 saturated heterocycles. The van der Waals surface area contributed by atoms with Gasteiger partial charge in [-0.25, -0.2) is 4.98 Å². The molecule has 0 aliphatic rings. The highest BCUT2D eigenvalue weighted by Crippen LogP contribution is 2.14. The molecule has 0 amide bonds. The van der Waals surface area contributed by atoms with Crippen LogP contribution in [0.25, 0.3) is 0 Å². The molecule has 0 saturated carbocycles. The molecule has 1 heterocycles. The van der Waals surface area contributed by atoms with E-state index < -0.39 is 0 Å². The SMILES string of the molecule is COc1ccc(CCC(N)CCc2nccn2C)cc1. The van der Waals surface area contributed by atoms with Crippen molar-refractivity contribution in [3.05, 3.63) is 48.0 Å². The van der Waals surface area contributed by atoms with E-state index in [4.69, 9.17) is 10.5 Å². The molecule has 4 nitrogen and oxygen atoms in total. The number of aryl methyl sites for hydroxylation is 3. The molecule has 2 rings (SSSR count). The van der Waals surface area contributed by atoms with Gasteiger partial charge in [0.1, 0.15) is 11.6 Å². The van der Waals surface area contributed by atoms with Crippen molar-refractivity contribution in [1.29, 1.82) is 0 Å². The molecular weight excluding hydrogens is 250 g/mol. The zero-order chi connectivity index (χ0) is 14.4. The van der Waals surface area contributed by atoms with E-state index in [1.165, 1.54) is 5.56 Å². The van der Waals surface area contributed by atoms with Crippen molar-refractivity contribution in [3.8, 4) is 5.75 Å². The van der Waals surface area contributed by atoms with Crippen LogP contribution in [0.5, 0.6) is 5.75 Å². The lowest BCUT2D eigenvalue weighted by molar-refractivity contribution is 0.414. The van der Waals surface area contributed by atoms with E-state index in [0.717, 1.165) is 37.3 Å². The fourth-order valence-electron chi connectivity index (χ4n) is 2.24. The summed E-state index contributed by atoms with van der Waals surface area (Å²) in [6.45, 7) is 0. The van der Waals surface area contributed by atoms with Gasteiger partial charge >= 0.3 is 0 Å². The Hall–Kier alpha value is -1.81. The number of methoxy groups -OCH3 is 1. The first-order valence-electron chi connectivity index (χ1n) is 7.03. The second-order valence-corrected chi connectivity index (χ2v) is 5.14. The molecule has 108 valence electrons. The number of nitrogens with zero attached hydrogens (tertiary/aromatic N) is 2. The number of nitrogens with two attached hydrogens (primary N) is 1. The number of aromatic nitrogens is 2. The smallest absolute Gasteiger partial charge is 0.118 e. The molecule has 1 aromatic carbocycles. The van der Waals surface area contributed by atoms with Gasteiger partial charge in [0.05, 0.1) is 7.11 Å². The van der Waals surface area contributed by atoms with Crippen LogP contribution in [0, 0.1) is 0 Å². The Morgan fingerprint density at radius 2 is 1.90 bits per heavy atom. The number of hydrogen-bond donors (Lipinski definition) is 1. The third kappa shape index (κ3) is 4.10. The molecular formula is C16H23N3O. The predicted octanol–water partition coefficient (Wildman–Crippen LogP) is 2.32. The highest BCUT2D eigenvalue weighted by atomic mass is 16.5. The molecule has 2 N–H and O–H groups in total. The number of rotatable bonds is 7. The second-order valence-electron chi connectivity index (χ2n) is 5.14. The van der Waals surface area contributed by atoms with Crippen molar-refractivity contribution < 1.29 is 4.74 Å². The summed E-state index contributed by atoms with van der Waals surface area (Å²) in [4.78, 5) is 4.32. The van der Waals surface area contributed by atoms with E-state index in [1.807, 2.05) is 31.6 Å². The van der Waals surface area contributed by atoms with Crippen molar-refractivity contribution in [3.63, 3.8) is 0 Å². The van der Waals surface area contributed by atoms with Gasteiger partial charge in [0.15, 0.2) is 0 Å². The summed E-state index contributed by atoms with van der Waals surface area (Å²) in [5.41, 5.74) is 7.49. The molecule has 4 heteroatoms. The van der Waals surface area contributed by atoms with Crippen LogP contribution in [-0.4, -0.2) is 22.7 Å². The largest absolute Gasteiger partial charge is 0.497 e. The van der Waals surface area contributed by atoms with Gasteiger partial charge in [-0.1, -0.05) is 12.1 Å². The van der Waals surface area contributed by atoms with Gasteiger partial charge in [-0.2, -0.15) is 0 Å². The van der Waals surface area contributed by atoms with Crippen molar-refractivity contribution in [1.82, 2.24) is 9.55 Å². The molecule has 0 spiro atoms. The van der Waals surface area contributed by atoms with Gasteiger partial charge in [-0.15, -0.1) is 0 Å². The molecule has 0 radical (unpaired) electrons. The summed E-state index contributed by atoms with van der Waals surface area (Å²) in [5, 5.41) is 0. The first-order chi connectivity index (χ1) is 9.69. The Morgan fingerprint density at radius 1 is 1.20 bits per heavy atom. The highest BCUT2D eigenvalue weighted by Gasteiger charge is 2.06. The first-order valence-corrected chi connectivity index (χ1v) is 7.03. The number of benzene rings is 1. The topological polar surface area (TPSA) is 53.1 Å². The van der Waals surface area contributed by atoms with Crippen LogP contribution in [0.4, 0.5) is 0 Å². The zero-order valence-electron chi connectivity index (χ0n) is 12.2. The summed E-state index contributed by atoms with van der Waals surface area (Å²) in [6.07, 6.45) is 7.72. The third-order valence-corrected chi connectivity index (χ3v) is 3.62. The standard InChI is InChI=1S/C16H23N3O/c1-19-12-11-18-16(19)10-7-14(17)6-3-13-4-8-15(20-2)9-5-13/h4-5,8-9,11-12,14H,3,6-7,10,17H2,1-2H3. The Balaban J connectivity index is 1.74. The monoisotopic (exact) mass is 273 g/mol. The molecule has 0 bridgehead atoms. The fraction of sp³-hybridized carbons (Fsp3) is 0.438. The second kappa shape index (κ2) is 7.10. The molecule has 1 unspecified atom stereocenters. The minimum Gasteiger partial charge on any atom is -0.497 e. The Morgan fingerprint density at radius 3 is 2.50 bits per heavy atom. The Labute approximate surface area is 120 Å². The van der Waals surface area contributed by atoms with Gasteiger partial charge in [0, 0.05) is 31.9 Å². The average Bonchev–Trinajstić information content (AvgIpc) is 2.89.